The number of hydrogen-bond donors (Lipinski definition) is 1. The molecule has 16 heavy (non-hydrogen) atoms. The Hall–Kier alpha value is -1.18. The van der Waals surface area contributed by atoms with E-state index in [-0.39, 0.29) is 5.75 Å². The molecule has 0 saturated heterocycles. The van der Waals surface area contributed by atoms with Crippen LogP contribution in [0.4, 0.5) is 0 Å². The second-order valence-electron chi connectivity index (χ2n) is 2.97. The second kappa shape index (κ2) is 9.08. The van der Waals surface area contributed by atoms with Crippen molar-refractivity contribution in [3.8, 4) is 6.07 Å². The Kier molecular flexibility index (Phi) is 8.41. The molecule has 0 heterocycles. The number of nitrogens with zero attached hydrogens (tertiary/aromatic N) is 1. The topological polar surface area (TPSA) is 66.9 Å². The fraction of sp³-hybridized carbons (Fsp3) is 0.417. The van der Waals surface area contributed by atoms with Crippen molar-refractivity contribution >= 4 is 10.8 Å². The van der Waals surface area contributed by atoms with Crippen LogP contribution >= 0.6 is 0 Å². The second-order valence-corrected chi connectivity index (χ2v) is 4.47. The highest BCUT2D eigenvalue weighted by atomic mass is 32.2. The summed E-state index contributed by atoms with van der Waals surface area (Å²) in [6.07, 6.45) is 0. The average molecular weight is 238 g/mol. The number of hydrogen-bond acceptors (Lipinski definition) is 3. The molecular formula is C12H18N2OS. The van der Waals surface area contributed by atoms with Gasteiger partial charge in [0.15, 0.2) is 0 Å². The summed E-state index contributed by atoms with van der Waals surface area (Å²) in [7, 11) is -1.05. The lowest BCUT2D eigenvalue weighted by atomic mass is 10.2. The van der Waals surface area contributed by atoms with E-state index < -0.39 is 16.8 Å². The van der Waals surface area contributed by atoms with Crippen LogP contribution in [0.15, 0.2) is 30.3 Å². The van der Waals surface area contributed by atoms with Gasteiger partial charge in [0.1, 0.15) is 6.04 Å². The summed E-state index contributed by atoms with van der Waals surface area (Å²) in [5.74, 6) is 0.710. The van der Waals surface area contributed by atoms with Gasteiger partial charge in [0.25, 0.3) is 0 Å². The fourth-order valence-electron chi connectivity index (χ4n) is 1.06. The van der Waals surface area contributed by atoms with Crippen LogP contribution in [0.25, 0.3) is 0 Å². The predicted octanol–water partition coefficient (Wildman–Crippen LogP) is 1.81. The molecule has 0 spiro atoms. The van der Waals surface area contributed by atoms with Crippen molar-refractivity contribution in [2.75, 3.05) is 5.75 Å². The van der Waals surface area contributed by atoms with E-state index in [2.05, 4.69) is 0 Å². The Morgan fingerprint density at radius 3 is 2.44 bits per heavy atom. The molecule has 0 bridgehead atoms. The van der Waals surface area contributed by atoms with E-state index in [0.717, 1.165) is 5.56 Å². The summed E-state index contributed by atoms with van der Waals surface area (Å²) >= 11 is 0. The SMILES string of the molecule is CC.N#CC(N)CS(=O)Cc1ccccc1. The molecule has 0 radical (unpaired) electrons. The number of nitrogens with two attached hydrogens (primary N) is 1. The van der Waals surface area contributed by atoms with Gasteiger partial charge in [-0.1, -0.05) is 44.2 Å². The highest BCUT2D eigenvalue weighted by Gasteiger charge is 2.07. The van der Waals surface area contributed by atoms with Crippen molar-refractivity contribution in [3.63, 3.8) is 0 Å². The standard InChI is InChI=1S/C10H12N2OS.C2H6/c11-6-10(12)8-14(13)7-9-4-2-1-3-5-9;1-2/h1-5,10H,7-8,12H2;1-2H3. The first kappa shape index (κ1) is 14.8. The lowest BCUT2D eigenvalue weighted by Gasteiger charge is -2.03. The van der Waals surface area contributed by atoms with Crippen molar-refractivity contribution < 1.29 is 4.21 Å². The summed E-state index contributed by atoms with van der Waals surface area (Å²) in [5.41, 5.74) is 6.38. The third-order valence-electron chi connectivity index (χ3n) is 1.70. The van der Waals surface area contributed by atoms with Crippen molar-refractivity contribution in [2.24, 2.45) is 5.73 Å². The molecule has 2 atom stereocenters. The third kappa shape index (κ3) is 6.33. The van der Waals surface area contributed by atoms with Crippen LogP contribution < -0.4 is 5.73 Å². The highest BCUT2D eigenvalue weighted by Crippen LogP contribution is 2.03. The van der Waals surface area contributed by atoms with E-state index >= 15 is 0 Å². The zero-order valence-electron chi connectivity index (χ0n) is 9.72. The molecule has 1 aromatic carbocycles. The minimum atomic E-state index is -1.05. The van der Waals surface area contributed by atoms with E-state index in [4.69, 9.17) is 11.0 Å². The van der Waals surface area contributed by atoms with Crippen LogP contribution in [0.1, 0.15) is 19.4 Å². The van der Waals surface area contributed by atoms with Gasteiger partial charge in [-0.25, -0.2) is 0 Å². The van der Waals surface area contributed by atoms with E-state index in [0.29, 0.717) is 5.75 Å². The molecule has 0 aliphatic carbocycles. The van der Waals surface area contributed by atoms with Gasteiger partial charge in [0.2, 0.25) is 0 Å². The van der Waals surface area contributed by atoms with Crippen molar-refractivity contribution in [1.82, 2.24) is 0 Å². The Bertz CT molecular complexity index is 346. The maximum absolute atomic E-state index is 11.5. The molecule has 88 valence electrons. The van der Waals surface area contributed by atoms with Gasteiger partial charge in [-0.3, -0.25) is 4.21 Å². The molecule has 2 N–H and O–H groups in total. The molecule has 0 aromatic heterocycles. The lowest BCUT2D eigenvalue weighted by molar-refractivity contribution is 0.679. The van der Waals surface area contributed by atoms with E-state index in [1.54, 1.807) is 0 Å². The van der Waals surface area contributed by atoms with Crippen molar-refractivity contribution in [3.05, 3.63) is 35.9 Å². The molecule has 0 fully saturated rings. The molecule has 1 rings (SSSR count). The Balaban J connectivity index is 0.00000106. The number of rotatable bonds is 4. The van der Waals surface area contributed by atoms with Gasteiger partial charge in [-0.2, -0.15) is 5.26 Å². The van der Waals surface area contributed by atoms with Crippen LogP contribution in [0, 0.1) is 11.3 Å². The molecule has 2 unspecified atom stereocenters. The average Bonchev–Trinajstić information content (AvgIpc) is 2.32. The van der Waals surface area contributed by atoms with Crippen LogP contribution in [-0.2, 0) is 16.6 Å². The molecule has 3 nitrogen and oxygen atoms in total. The third-order valence-corrected chi connectivity index (χ3v) is 3.09. The molecule has 0 aliphatic rings. The van der Waals surface area contributed by atoms with Crippen molar-refractivity contribution in [1.29, 1.82) is 5.26 Å². The molecule has 0 saturated carbocycles. The first-order valence-electron chi connectivity index (χ1n) is 5.26. The lowest BCUT2D eigenvalue weighted by Crippen LogP contribution is -2.25. The summed E-state index contributed by atoms with van der Waals surface area (Å²) in [6, 6.07) is 10.8. The first-order valence-corrected chi connectivity index (χ1v) is 6.75. The zero-order chi connectivity index (χ0) is 12.4. The van der Waals surface area contributed by atoms with Crippen LogP contribution in [0.2, 0.25) is 0 Å². The predicted molar refractivity (Wildman–Crippen MR) is 68.1 cm³/mol. The summed E-state index contributed by atoms with van der Waals surface area (Å²) < 4.78 is 11.5. The first-order chi connectivity index (χ1) is 7.72. The summed E-state index contributed by atoms with van der Waals surface area (Å²) in [4.78, 5) is 0. The van der Waals surface area contributed by atoms with Crippen LogP contribution in [0.5, 0.6) is 0 Å². The summed E-state index contributed by atoms with van der Waals surface area (Å²) in [6.45, 7) is 4.00. The Labute approximate surface area is 99.7 Å². The monoisotopic (exact) mass is 238 g/mol. The molecule has 0 aliphatic heterocycles. The van der Waals surface area contributed by atoms with E-state index in [1.807, 2.05) is 50.2 Å². The minimum absolute atomic E-state index is 0.241. The maximum atomic E-state index is 11.5. The molecule has 4 heteroatoms. The van der Waals surface area contributed by atoms with Gasteiger partial charge in [0, 0.05) is 16.6 Å². The van der Waals surface area contributed by atoms with Gasteiger partial charge >= 0.3 is 0 Å². The summed E-state index contributed by atoms with van der Waals surface area (Å²) in [5, 5.41) is 8.44. The van der Waals surface area contributed by atoms with E-state index in [1.165, 1.54) is 0 Å². The van der Waals surface area contributed by atoms with Crippen LogP contribution in [-0.4, -0.2) is 16.0 Å². The highest BCUT2D eigenvalue weighted by molar-refractivity contribution is 7.84. The Morgan fingerprint density at radius 1 is 1.38 bits per heavy atom. The van der Waals surface area contributed by atoms with Gasteiger partial charge in [0.05, 0.1) is 11.8 Å². The molecular weight excluding hydrogens is 220 g/mol. The largest absolute Gasteiger partial charge is 0.315 e. The van der Waals surface area contributed by atoms with Crippen molar-refractivity contribution in [2.45, 2.75) is 25.6 Å². The van der Waals surface area contributed by atoms with Gasteiger partial charge < -0.3 is 5.73 Å². The smallest absolute Gasteiger partial charge is 0.104 e. The normalized spacial score (nSPS) is 12.9. The van der Waals surface area contributed by atoms with E-state index in [9.17, 15) is 4.21 Å². The maximum Gasteiger partial charge on any atom is 0.104 e. The minimum Gasteiger partial charge on any atom is -0.315 e. The quantitative estimate of drug-likeness (QED) is 0.870. The number of nitriles is 1. The van der Waals surface area contributed by atoms with Crippen LogP contribution in [0.3, 0.4) is 0 Å². The molecule has 1 aromatic rings. The van der Waals surface area contributed by atoms with Gasteiger partial charge in [-0.15, -0.1) is 0 Å². The zero-order valence-corrected chi connectivity index (χ0v) is 10.5. The fourth-order valence-corrected chi connectivity index (χ4v) is 2.21. The Morgan fingerprint density at radius 2 is 1.94 bits per heavy atom. The van der Waals surface area contributed by atoms with Gasteiger partial charge in [-0.05, 0) is 5.56 Å². The number of benzene rings is 1. The molecule has 0 amide bonds.